The van der Waals surface area contributed by atoms with Gasteiger partial charge in [0.15, 0.2) is 0 Å². The molecule has 1 aromatic rings. The summed E-state index contributed by atoms with van der Waals surface area (Å²) >= 11 is 0. The third-order valence-corrected chi connectivity index (χ3v) is 2.49. The molecule has 1 aromatic carbocycles. The summed E-state index contributed by atoms with van der Waals surface area (Å²) < 4.78 is 62.0. The molecule has 102 valence electrons. The molecular weight excluding hydrogens is 255 g/mol. The Labute approximate surface area is 101 Å². The smallest absolute Gasteiger partial charge is 0.271 e. The second kappa shape index (κ2) is 6.10. The molecule has 0 saturated heterocycles. The SMILES string of the molecule is NNC(CCC(F)(F)F)Cc1ccc(F)cc1F. The van der Waals surface area contributed by atoms with Crippen molar-refractivity contribution >= 4 is 0 Å². The van der Waals surface area contributed by atoms with Crippen LogP contribution in [-0.4, -0.2) is 12.2 Å². The van der Waals surface area contributed by atoms with Crippen LogP contribution in [0.4, 0.5) is 22.0 Å². The monoisotopic (exact) mass is 268 g/mol. The van der Waals surface area contributed by atoms with E-state index in [1.54, 1.807) is 0 Å². The van der Waals surface area contributed by atoms with Crippen molar-refractivity contribution in [3.05, 3.63) is 35.4 Å². The summed E-state index contributed by atoms with van der Waals surface area (Å²) in [6.45, 7) is 0. The molecule has 0 spiro atoms. The van der Waals surface area contributed by atoms with Gasteiger partial charge in [0.05, 0.1) is 0 Å². The van der Waals surface area contributed by atoms with Gasteiger partial charge in [0.1, 0.15) is 11.6 Å². The van der Waals surface area contributed by atoms with Crippen molar-refractivity contribution in [1.82, 2.24) is 5.43 Å². The zero-order chi connectivity index (χ0) is 13.8. The van der Waals surface area contributed by atoms with Gasteiger partial charge in [-0.2, -0.15) is 13.2 Å². The molecule has 0 aliphatic heterocycles. The second-order valence-electron chi connectivity index (χ2n) is 3.96. The van der Waals surface area contributed by atoms with E-state index >= 15 is 0 Å². The van der Waals surface area contributed by atoms with E-state index in [4.69, 9.17) is 5.84 Å². The molecule has 1 atom stereocenters. The van der Waals surface area contributed by atoms with Crippen molar-refractivity contribution in [2.45, 2.75) is 31.5 Å². The van der Waals surface area contributed by atoms with E-state index in [-0.39, 0.29) is 18.4 Å². The lowest BCUT2D eigenvalue weighted by Gasteiger charge is -2.17. The third-order valence-electron chi connectivity index (χ3n) is 2.49. The minimum atomic E-state index is -4.28. The van der Waals surface area contributed by atoms with Gasteiger partial charge in [0.2, 0.25) is 0 Å². The normalized spacial score (nSPS) is 13.7. The Hall–Kier alpha value is -1.21. The highest BCUT2D eigenvalue weighted by Gasteiger charge is 2.28. The standard InChI is InChI=1S/C11H13F5N2/c12-8-2-1-7(10(13)6-8)5-9(18-17)3-4-11(14,15)16/h1-2,6,9,18H,3-5,17H2. The maximum Gasteiger partial charge on any atom is 0.389 e. The van der Waals surface area contributed by atoms with Crippen LogP contribution in [0.3, 0.4) is 0 Å². The van der Waals surface area contributed by atoms with Crippen LogP contribution in [0, 0.1) is 11.6 Å². The van der Waals surface area contributed by atoms with Crippen LogP contribution in [0.5, 0.6) is 0 Å². The maximum absolute atomic E-state index is 13.3. The Bertz CT molecular complexity index is 392. The molecule has 0 heterocycles. The van der Waals surface area contributed by atoms with Crippen LogP contribution < -0.4 is 11.3 Å². The number of rotatable bonds is 5. The fourth-order valence-corrected chi connectivity index (χ4v) is 1.53. The van der Waals surface area contributed by atoms with Gasteiger partial charge in [0, 0.05) is 18.5 Å². The largest absolute Gasteiger partial charge is 0.389 e. The van der Waals surface area contributed by atoms with Gasteiger partial charge in [-0.15, -0.1) is 0 Å². The number of nitrogens with two attached hydrogens (primary N) is 1. The molecule has 0 aromatic heterocycles. The molecule has 3 N–H and O–H groups in total. The quantitative estimate of drug-likeness (QED) is 0.489. The van der Waals surface area contributed by atoms with Gasteiger partial charge < -0.3 is 0 Å². The highest BCUT2D eigenvalue weighted by atomic mass is 19.4. The van der Waals surface area contributed by atoms with E-state index in [0.717, 1.165) is 6.07 Å². The van der Waals surface area contributed by atoms with E-state index < -0.39 is 30.3 Å². The Morgan fingerprint density at radius 3 is 2.39 bits per heavy atom. The lowest BCUT2D eigenvalue weighted by atomic mass is 10.0. The molecule has 0 bridgehead atoms. The van der Waals surface area contributed by atoms with Crippen molar-refractivity contribution in [1.29, 1.82) is 0 Å². The number of nitrogens with one attached hydrogen (secondary N) is 1. The number of hydrazine groups is 1. The Kier molecular flexibility index (Phi) is 5.03. The Balaban J connectivity index is 2.62. The first kappa shape index (κ1) is 14.8. The molecule has 0 saturated carbocycles. The fourth-order valence-electron chi connectivity index (χ4n) is 1.53. The molecule has 2 nitrogen and oxygen atoms in total. The summed E-state index contributed by atoms with van der Waals surface area (Å²) in [6, 6.07) is 2.22. The maximum atomic E-state index is 13.3. The predicted octanol–water partition coefficient (Wildman–Crippen LogP) is 2.68. The summed E-state index contributed by atoms with van der Waals surface area (Å²) in [5, 5.41) is 0. The van der Waals surface area contributed by atoms with Gasteiger partial charge in [-0.05, 0) is 24.5 Å². The van der Waals surface area contributed by atoms with Crippen LogP contribution in [0.15, 0.2) is 18.2 Å². The summed E-state index contributed by atoms with van der Waals surface area (Å²) in [6.07, 6.45) is -5.59. The van der Waals surface area contributed by atoms with Crippen LogP contribution in [0.25, 0.3) is 0 Å². The number of hydrogen-bond acceptors (Lipinski definition) is 2. The van der Waals surface area contributed by atoms with Crippen molar-refractivity contribution in [3.8, 4) is 0 Å². The molecule has 1 unspecified atom stereocenters. The number of hydrogen-bond donors (Lipinski definition) is 2. The van der Waals surface area contributed by atoms with Crippen molar-refractivity contribution in [2.24, 2.45) is 5.84 Å². The average Bonchev–Trinajstić information content (AvgIpc) is 2.25. The van der Waals surface area contributed by atoms with Crippen LogP contribution in [-0.2, 0) is 6.42 Å². The van der Waals surface area contributed by atoms with Gasteiger partial charge >= 0.3 is 6.18 Å². The fraction of sp³-hybridized carbons (Fsp3) is 0.455. The first-order valence-electron chi connectivity index (χ1n) is 5.28. The number of alkyl halides is 3. The molecule has 1 rings (SSSR count). The van der Waals surface area contributed by atoms with E-state index in [1.807, 2.05) is 0 Å². The zero-order valence-electron chi connectivity index (χ0n) is 9.40. The summed E-state index contributed by atoms with van der Waals surface area (Å²) in [4.78, 5) is 0. The highest BCUT2D eigenvalue weighted by molar-refractivity contribution is 5.19. The lowest BCUT2D eigenvalue weighted by Crippen LogP contribution is -2.37. The van der Waals surface area contributed by atoms with E-state index in [9.17, 15) is 22.0 Å². The number of benzene rings is 1. The molecule has 0 radical (unpaired) electrons. The van der Waals surface area contributed by atoms with Gasteiger partial charge in [-0.25, -0.2) is 8.78 Å². The number of halogens is 5. The van der Waals surface area contributed by atoms with E-state index in [2.05, 4.69) is 5.43 Å². The summed E-state index contributed by atoms with van der Waals surface area (Å²) in [7, 11) is 0. The highest BCUT2D eigenvalue weighted by Crippen LogP contribution is 2.23. The molecule has 0 amide bonds. The Morgan fingerprint density at radius 1 is 1.22 bits per heavy atom. The minimum Gasteiger partial charge on any atom is -0.271 e. The molecule has 7 heteroatoms. The lowest BCUT2D eigenvalue weighted by molar-refractivity contribution is -0.136. The van der Waals surface area contributed by atoms with Gasteiger partial charge in [0.25, 0.3) is 0 Å². The predicted molar refractivity (Wildman–Crippen MR) is 56.5 cm³/mol. The average molecular weight is 268 g/mol. The molecule has 0 fully saturated rings. The first-order chi connectivity index (χ1) is 8.31. The van der Waals surface area contributed by atoms with Crippen molar-refractivity contribution < 1.29 is 22.0 Å². The van der Waals surface area contributed by atoms with Crippen molar-refractivity contribution in [2.75, 3.05) is 0 Å². The first-order valence-corrected chi connectivity index (χ1v) is 5.28. The Morgan fingerprint density at radius 2 is 1.89 bits per heavy atom. The molecule has 0 aliphatic rings. The molecular formula is C11H13F5N2. The van der Waals surface area contributed by atoms with E-state index in [1.165, 1.54) is 6.07 Å². The van der Waals surface area contributed by atoms with Crippen LogP contribution >= 0.6 is 0 Å². The van der Waals surface area contributed by atoms with Crippen LogP contribution in [0.1, 0.15) is 18.4 Å². The van der Waals surface area contributed by atoms with Gasteiger partial charge in [-0.3, -0.25) is 11.3 Å². The van der Waals surface area contributed by atoms with Crippen molar-refractivity contribution in [3.63, 3.8) is 0 Å². The minimum absolute atomic E-state index is 0.0291. The zero-order valence-corrected chi connectivity index (χ0v) is 9.40. The van der Waals surface area contributed by atoms with E-state index in [0.29, 0.717) is 6.07 Å². The second-order valence-corrected chi connectivity index (χ2v) is 3.96. The summed E-state index contributed by atoms with van der Waals surface area (Å²) in [5.74, 6) is 3.59. The molecule has 18 heavy (non-hydrogen) atoms. The topological polar surface area (TPSA) is 38.0 Å². The van der Waals surface area contributed by atoms with Crippen LogP contribution in [0.2, 0.25) is 0 Å². The summed E-state index contributed by atoms with van der Waals surface area (Å²) in [5.41, 5.74) is 2.33. The van der Waals surface area contributed by atoms with Gasteiger partial charge in [-0.1, -0.05) is 6.07 Å². The third kappa shape index (κ3) is 4.97. The molecule has 0 aliphatic carbocycles.